The molecule has 0 saturated heterocycles. The van der Waals surface area contributed by atoms with Crippen LogP contribution in [0.2, 0.25) is 0 Å². The average Bonchev–Trinajstić information content (AvgIpc) is 2.25. The van der Waals surface area contributed by atoms with Gasteiger partial charge in [0.1, 0.15) is 18.3 Å². The predicted molar refractivity (Wildman–Crippen MR) is 69.2 cm³/mol. The molecule has 0 aromatic heterocycles. The maximum absolute atomic E-state index is 9.21. The van der Waals surface area contributed by atoms with Gasteiger partial charge in [-0.05, 0) is 7.05 Å². The van der Waals surface area contributed by atoms with Gasteiger partial charge in [0, 0.05) is 6.54 Å². The summed E-state index contributed by atoms with van der Waals surface area (Å²) in [5.41, 5.74) is 4.66. The van der Waals surface area contributed by atoms with E-state index in [0.717, 1.165) is 0 Å². The van der Waals surface area contributed by atoms with E-state index in [2.05, 4.69) is 35.9 Å². The Balaban J connectivity index is -0.000000392. The summed E-state index contributed by atoms with van der Waals surface area (Å²) in [6, 6.07) is 0. The molecule has 0 bridgehead atoms. The van der Waals surface area contributed by atoms with Gasteiger partial charge < -0.3 is 61.4 Å². The number of hydrogen-bond acceptors (Lipinski definition) is 8. The van der Waals surface area contributed by atoms with Crippen molar-refractivity contribution in [2.75, 3.05) is 20.2 Å². The van der Waals surface area contributed by atoms with E-state index < -0.39 is 31.0 Å². The number of likely N-dealkylation sites (N-methyl/N-ethyl adjacent to an activating group) is 1. The predicted octanol–water partition coefficient (Wildman–Crippen LogP) is -6.58. The second-order valence-corrected chi connectivity index (χ2v) is 4.31. The van der Waals surface area contributed by atoms with Gasteiger partial charge in [-0.25, -0.2) is 0 Å². The molecule has 0 aromatic carbocycles. The molecule has 4 atom stereocenters. The van der Waals surface area contributed by atoms with Crippen LogP contribution in [0.1, 0.15) is 0 Å². The Kier molecular flexibility index (Phi) is 19.0. The van der Waals surface area contributed by atoms with Gasteiger partial charge in [-0.1, -0.05) is 4.32 Å². The summed E-state index contributed by atoms with van der Waals surface area (Å²) in [6.45, 7) is -0.569. The maximum atomic E-state index is 9.21. The molecule has 0 radical (unpaired) electrons. The topological polar surface area (TPSA) is 139 Å². The summed E-state index contributed by atoms with van der Waals surface area (Å²) in [7, 11) is 1.57. The van der Waals surface area contributed by atoms with Crippen LogP contribution >= 0.6 is 12.2 Å². The fraction of sp³-hybridized carbons (Fsp3) is 0.875. The third kappa shape index (κ3) is 13.3. The van der Waals surface area contributed by atoms with Crippen molar-refractivity contribution in [1.82, 2.24) is 5.32 Å². The minimum atomic E-state index is -1.55. The van der Waals surface area contributed by atoms with Gasteiger partial charge in [-0.3, -0.25) is 0 Å². The first kappa shape index (κ1) is 23.9. The maximum Gasteiger partial charge on any atom is 1.00 e. The first-order valence-corrected chi connectivity index (χ1v) is 5.53. The molecule has 0 saturated carbocycles. The molecule has 8 N–H and O–H groups in total. The molecule has 4 unspecified atom stereocenters. The number of nitrogens with one attached hydrogen (secondary N) is 1. The van der Waals surface area contributed by atoms with E-state index in [4.69, 9.17) is 20.4 Å². The Bertz CT molecular complexity index is 212. The molecule has 0 aromatic rings. The Hall–Kier alpha value is 0.870. The van der Waals surface area contributed by atoms with E-state index in [0.29, 0.717) is 0 Å². The van der Waals surface area contributed by atoms with Gasteiger partial charge in [0.05, 0.1) is 12.7 Å². The van der Waals surface area contributed by atoms with E-state index in [9.17, 15) is 5.11 Å². The summed E-state index contributed by atoms with van der Waals surface area (Å²) in [5.74, 6) is 0. The van der Waals surface area contributed by atoms with Crippen molar-refractivity contribution in [2.45, 2.75) is 24.4 Å². The third-order valence-corrected chi connectivity index (χ3v) is 1.74. The van der Waals surface area contributed by atoms with Crippen molar-refractivity contribution in [3.63, 3.8) is 0 Å². The molecule has 104 valence electrons. The zero-order chi connectivity index (χ0) is 14.0. The number of rotatable bonds is 6. The fourth-order valence-corrected chi connectivity index (χ4v) is 0.893. The van der Waals surface area contributed by atoms with E-state index in [1.54, 1.807) is 7.05 Å². The second-order valence-electron chi connectivity index (χ2n) is 3.18. The van der Waals surface area contributed by atoms with E-state index in [-0.39, 0.29) is 40.4 Å². The minimum Gasteiger partial charge on any atom is -0.415 e. The van der Waals surface area contributed by atoms with Crippen LogP contribution in [0.15, 0.2) is 0 Å². The molecule has 0 heterocycles. The van der Waals surface area contributed by atoms with Crippen molar-refractivity contribution in [3.05, 3.63) is 0 Å². The number of hydrogen-bond donors (Lipinski definition) is 7. The van der Waals surface area contributed by atoms with Crippen molar-refractivity contribution in [3.8, 4) is 0 Å². The van der Waals surface area contributed by atoms with Crippen molar-refractivity contribution in [2.24, 2.45) is 5.73 Å². The molecule has 0 spiro atoms. The summed E-state index contributed by atoms with van der Waals surface area (Å²) in [6.07, 6.45) is -5.65. The summed E-state index contributed by atoms with van der Waals surface area (Å²) in [4.78, 5) is 0. The van der Waals surface area contributed by atoms with Gasteiger partial charge in [0.15, 0.2) is 0 Å². The summed E-state index contributed by atoms with van der Waals surface area (Å²) >= 11 is 8.26. The first-order chi connectivity index (χ1) is 7.77. The zero-order valence-corrected chi connectivity index (χ0v) is 14.0. The van der Waals surface area contributed by atoms with E-state index in [1.807, 2.05) is 0 Å². The van der Waals surface area contributed by atoms with Crippen molar-refractivity contribution < 1.29 is 55.1 Å². The minimum absolute atomic E-state index is 0. The smallest absolute Gasteiger partial charge is 0.415 e. The molecule has 0 amide bonds. The van der Waals surface area contributed by atoms with Gasteiger partial charge in [0.25, 0.3) is 0 Å². The van der Waals surface area contributed by atoms with Crippen LogP contribution in [0.5, 0.6) is 0 Å². The Morgan fingerprint density at radius 1 is 1.22 bits per heavy atom. The van der Waals surface area contributed by atoms with Crippen LogP contribution in [-0.4, -0.2) is 74.5 Å². The zero-order valence-electron chi connectivity index (χ0n) is 10.4. The monoisotopic (exact) mass is 310 g/mol. The average molecular weight is 310 g/mol. The number of aliphatic hydroxyl groups is 5. The quantitative estimate of drug-likeness (QED) is 0.145. The van der Waals surface area contributed by atoms with Crippen LogP contribution in [0.4, 0.5) is 0 Å². The van der Waals surface area contributed by atoms with Crippen LogP contribution in [0, 0.1) is 0 Å². The largest absolute Gasteiger partial charge is 1.00 e. The SMILES string of the molecule is CNCC(O)C(O)C(O)C(O)CO.NC(=S)[S-].[Na+]. The second kappa shape index (κ2) is 14.3. The molecule has 0 aliphatic carbocycles. The fourth-order valence-electron chi connectivity index (χ4n) is 0.893. The third-order valence-electron chi connectivity index (χ3n) is 1.74. The van der Waals surface area contributed by atoms with E-state index >= 15 is 0 Å². The van der Waals surface area contributed by atoms with Gasteiger partial charge in [0.2, 0.25) is 0 Å². The molecule has 10 heteroatoms. The van der Waals surface area contributed by atoms with Crippen LogP contribution in [0.25, 0.3) is 0 Å². The first-order valence-electron chi connectivity index (χ1n) is 4.72. The molecular weight excluding hydrogens is 291 g/mol. The molecule has 7 nitrogen and oxygen atoms in total. The van der Waals surface area contributed by atoms with Gasteiger partial charge in [-0.2, -0.15) is 0 Å². The molecule has 0 rings (SSSR count). The molecule has 0 aliphatic heterocycles. The number of nitrogens with two attached hydrogens (primary N) is 1. The van der Waals surface area contributed by atoms with Gasteiger partial charge >= 0.3 is 29.6 Å². The molecule has 0 fully saturated rings. The Morgan fingerprint density at radius 2 is 1.56 bits per heavy atom. The Labute approximate surface area is 139 Å². The van der Waals surface area contributed by atoms with Crippen molar-refractivity contribution in [1.29, 1.82) is 0 Å². The number of aliphatic hydroxyl groups excluding tert-OH is 5. The summed E-state index contributed by atoms with van der Waals surface area (Å²) in [5, 5.41) is 47.5. The van der Waals surface area contributed by atoms with Gasteiger partial charge in [-0.15, -0.1) is 0 Å². The summed E-state index contributed by atoms with van der Waals surface area (Å²) < 4.78 is 0.0833. The van der Waals surface area contributed by atoms with E-state index in [1.165, 1.54) is 0 Å². The van der Waals surface area contributed by atoms with Crippen molar-refractivity contribution >= 4 is 29.2 Å². The normalized spacial score (nSPS) is 16.3. The van der Waals surface area contributed by atoms with Crippen LogP contribution in [0.3, 0.4) is 0 Å². The molecule has 0 aliphatic rings. The molecular formula is C8H19N2NaO5S2. The van der Waals surface area contributed by atoms with Crippen LogP contribution in [-0.2, 0) is 12.6 Å². The number of thiocarbonyl (C=S) groups is 1. The standard InChI is InChI=1S/C7H17NO5.CH3NS2.Na/c1-8-2-4(10)6(12)7(13)5(11)3-9;2-1(3)4;/h4-13H,2-3H2,1H3;(H3,2,3,4);/q;;+1/p-1. The van der Waals surface area contributed by atoms with Crippen LogP contribution < -0.4 is 40.6 Å². The molecule has 18 heavy (non-hydrogen) atoms. The Morgan fingerprint density at radius 3 is 1.83 bits per heavy atom.